The van der Waals surface area contributed by atoms with Crippen molar-refractivity contribution in [2.24, 2.45) is 10.9 Å². The molecule has 0 saturated carbocycles. The first-order valence-electron chi connectivity index (χ1n) is 8.09. The van der Waals surface area contributed by atoms with E-state index in [1.807, 2.05) is 7.05 Å². The van der Waals surface area contributed by atoms with Gasteiger partial charge in [0.1, 0.15) is 5.01 Å². The molecule has 0 aromatic carbocycles. The molecule has 1 aromatic rings. The Hall–Kier alpha value is -1.18. The minimum Gasteiger partial charge on any atom is -0.382 e. The van der Waals surface area contributed by atoms with Crippen molar-refractivity contribution >= 4 is 17.3 Å². The summed E-state index contributed by atoms with van der Waals surface area (Å²) in [7, 11) is 3.53. The number of guanidine groups is 1. The molecule has 0 aliphatic carbocycles. The predicted octanol–water partition coefficient (Wildman–Crippen LogP) is 1.82. The monoisotopic (exact) mass is 340 g/mol. The van der Waals surface area contributed by atoms with E-state index in [1.54, 1.807) is 18.4 Å². The molecule has 130 valence electrons. The van der Waals surface area contributed by atoms with E-state index in [0.717, 1.165) is 49.3 Å². The van der Waals surface area contributed by atoms with Crippen LogP contribution in [0, 0.1) is 19.8 Å². The highest BCUT2D eigenvalue weighted by molar-refractivity contribution is 7.11. The molecule has 1 aliphatic rings. The quantitative estimate of drug-likeness (QED) is 0.466. The molecule has 0 amide bonds. The van der Waals surface area contributed by atoms with Gasteiger partial charge in [0, 0.05) is 38.0 Å². The summed E-state index contributed by atoms with van der Waals surface area (Å²) < 4.78 is 10.6. The van der Waals surface area contributed by atoms with E-state index < -0.39 is 0 Å². The normalized spacial score (nSPS) is 18.7. The summed E-state index contributed by atoms with van der Waals surface area (Å²) >= 11 is 1.75. The lowest BCUT2D eigenvalue weighted by Gasteiger charge is -2.21. The summed E-state index contributed by atoms with van der Waals surface area (Å²) in [6.07, 6.45) is 1.14. The number of aromatic nitrogens is 1. The highest BCUT2D eigenvalue weighted by atomic mass is 32.1. The SMILES string of the molecule is CN=C(NCc1nc(C)c(C)s1)N1CCC(COCCOC)C1. The molecule has 0 spiro atoms. The van der Waals surface area contributed by atoms with Gasteiger partial charge >= 0.3 is 0 Å². The maximum Gasteiger partial charge on any atom is 0.194 e. The van der Waals surface area contributed by atoms with E-state index in [1.165, 1.54) is 4.88 Å². The van der Waals surface area contributed by atoms with Crippen LogP contribution >= 0.6 is 11.3 Å². The third-order valence-corrected chi connectivity index (χ3v) is 5.13. The van der Waals surface area contributed by atoms with Gasteiger partial charge in [-0.2, -0.15) is 0 Å². The van der Waals surface area contributed by atoms with Crippen LogP contribution in [0.5, 0.6) is 0 Å². The summed E-state index contributed by atoms with van der Waals surface area (Å²) in [6.45, 7) is 9.03. The van der Waals surface area contributed by atoms with E-state index in [9.17, 15) is 0 Å². The molecular weight excluding hydrogens is 312 g/mol. The third kappa shape index (κ3) is 5.44. The number of rotatable bonds is 7. The smallest absolute Gasteiger partial charge is 0.194 e. The molecule has 1 fully saturated rings. The van der Waals surface area contributed by atoms with E-state index >= 15 is 0 Å². The number of thiazole rings is 1. The maximum absolute atomic E-state index is 5.64. The van der Waals surface area contributed by atoms with Crippen LogP contribution in [0.3, 0.4) is 0 Å². The second-order valence-corrected chi connectivity index (χ2v) is 7.11. The Bertz CT molecular complexity index is 499. The molecule has 1 unspecified atom stereocenters. The molecule has 6 nitrogen and oxygen atoms in total. The number of likely N-dealkylation sites (tertiary alicyclic amines) is 1. The number of aliphatic imine (C=N–C) groups is 1. The topological polar surface area (TPSA) is 59.0 Å². The van der Waals surface area contributed by atoms with E-state index in [0.29, 0.717) is 19.1 Å². The van der Waals surface area contributed by atoms with E-state index in [2.05, 4.69) is 34.0 Å². The van der Waals surface area contributed by atoms with Gasteiger partial charge in [-0.25, -0.2) is 4.98 Å². The fraction of sp³-hybridized carbons (Fsp3) is 0.750. The average molecular weight is 340 g/mol. The van der Waals surface area contributed by atoms with Crippen LogP contribution < -0.4 is 5.32 Å². The summed E-state index contributed by atoms with van der Waals surface area (Å²) in [6, 6.07) is 0. The first-order chi connectivity index (χ1) is 11.1. The zero-order chi connectivity index (χ0) is 16.7. The van der Waals surface area contributed by atoms with Crippen molar-refractivity contribution in [1.29, 1.82) is 0 Å². The molecular formula is C16H28N4O2S. The minimum absolute atomic E-state index is 0.565. The van der Waals surface area contributed by atoms with Gasteiger partial charge in [0.05, 0.1) is 32.1 Å². The van der Waals surface area contributed by atoms with Crippen molar-refractivity contribution in [2.45, 2.75) is 26.8 Å². The first kappa shape index (κ1) is 18.2. The van der Waals surface area contributed by atoms with Crippen molar-refractivity contribution in [2.75, 3.05) is 47.1 Å². The number of nitrogens with zero attached hydrogens (tertiary/aromatic N) is 3. The molecule has 0 radical (unpaired) electrons. The van der Waals surface area contributed by atoms with Crippen molar-refractivity contribution in [3.05, 3.63) is 15.6 Å². The lowest BCUT2D eigenvalue weighted by molar-refractivity contribution is 0.0536. The van der Waals surface area contributed by atoms with Crippen LogP contribution in [0.4, 0.5) is 0 Å². The number of methoxy groups -OCH3 is 1. The Labute approximate surface area is 142 Å². The number of hydrogen-bond acceptors (Lipinski definition) is 5. The summed E-state index contributed by atoms with van der Waals surface area (Å²) in [5, 5.41) is 4.54. The molecule has 2 rings (SSSR count). The van der Waals surface area contributed by atoms with Gasteiger partial charge in [-0.05, 0) is 20.3 Å². The highest BCUT2D eigenvalue weighted by Crippen LogP contribution is 2.18. The molecule has 23 heavy (non-hydrogen) atoms. The van der Waals surface area contributed by atoms with Crippen LogP contribution in [0.2, 0.25) is 0 Å². The van der Waals surface area contributed by atoms with Crippen LogP contribution in [0.1, 0.15) is 22.0 Å². The predicted molar refractivity (Wildman–Crippen MR) is 94.2 cm³/mol. The molecule has 1 atom stereocenters. The molecule has 1 N–H and O–H groups in total. The third-order valence-electron chi connectivity index (χ3n) is 4.05. The Kier molecular flexibility index (Phi) is 7.26. The van der Waals surface area contributed by atoms with E-state index in [-0.39, 0.29) is 0 Å². The summed E-state index contributed by atoms with van der Waals surface area (Å²) in [4.78, 5) is 12.6. The van der Waals surface area contributed by atoms with Crippen molar-refractivity contribution < 1.29 is 9.47 Å². The second kappa shape index (κ2) is 9.20. The Balaban J connectivity index is 1.76. The number of nitrogens with one attached hydrogen (secondary N) is 1. The summed E-state index contributed by atoms with van der Waals surface area (Å²) in [5.74, 6) is 1.52. The minimum atomic E-state index is 0.565. The largest absolute Gasteiger partial charge is 0.382 e. The summed E-state index contributed by atoms with van der Waals surface area (Å²) in [5.41, 5.74) is 1.12. The average Bonchev–Trinajstić information content (AvgIpc) is 3.12. The van der Waals surface area contributed by atoms with Crippen LogP contribution in [-0.4, -0.2) is 62.9 Å². The zero-order valence-corrected chi connectivity index (χ0v) is 15.4. The highest BCUT2D eigenvalue weighted by Gasteiger charge is 2.25. The molecule has 7 heteroatoms. The van der Waals surface area contributed by atoms with E-state index in [4.69, 9.17) is 9.47 Å². The van der Waals surface area contributed by atoms with Crippen LogP contribution in [0.15, 0.2) is 4.99 Å². The Morgan fingerprint density at radius 1 is 1.43 bits per heavy atom. The number of ether oxygens (including phenoxy) is 2. The van der Waals surface area contributed by atoms with Gasteiger partial charge in [0.15, 0.2) is 5.96 Å². The van der Waals surface area contributed by atoms with Gasteiger partial charge in [-0.1, -0.05) is 0 Å². The van der Waals surface area contributed by atoms with Crippen molar-refractivity contribution in [3.63, 3.8) is 0 Å². The Morgan fingerprint density at radius 3 is 2.91 bits per heavy atom. The first-order valence-corrected chi connectivity index (χ1v) is 8.90. The lowest BCUT2D eigenvalue weighted by atomic mass is 10.1. The standard InChI is InChI=1S/C16H28N4O2S/c1-12-13(2)23-15(19-12)9-18-16(17-3)20-6-5-14(10-20)11-22-8-7-21-4/h14H,5-11H2,1-4H3,(H,17,18). The maximum atomic E-state index is 5.64. The van der Waals surface area contributed by atoms with Gasteiger partial charge in [-0.15, -0.1) is 11.3 Å². The van der Waals surface area contributed by atoms with Gasteiger partial charge < -0.3 is 19.7 Å². The Morgan fingerprint density at radius 2 is 2.26 bits per heavy atom. The fourth-order valence-electron chi connectivity index (χ4n) is 2.66. The molecule has 1 saturated heterocycles. The fourth-order valence-corrected chi connectivity index (χ4v) is 3.53. The van der Waals surface area contributed by atoms with Gasteiger partial charge in [0.25, 0.3) is 0 Å². The van der Waals surface area contributed by atoms with Gasteiger partial charge in [0.2, 0.25) is 0 Å². The number of hydrogen-bond donors (Lipinski definition) is 1. The molecule has 2 heterocycles. The lowest BCUT2D eigenvalue weighted by Crippen LogP contribution is -2.39. The number of aryl methyl sites for hydroxylation is 2. The van der Waals surface area contributed by atoms with Crippen molar-refractivity contribution in [1.82, 2.24) is 15.2 Å². The van der Waals surface area contributed by atoms with Gasteiger partial charge in [-0.3, -0.25) is 4.99 Å². The molecule has 1 aromatic heterocycles. The van der Waals surface area contributed by atoms with Crippen LogP contribution in [0.25, 0.3) is 0 Å². The molecule has 1 aliphatic heterocycles. The molecule has 0 bridgehead atoms. The zero-order valence-electron chi connectivity index (χ0n) is 14.6. The van der Waals surface area contributed by atoms with Crippen molar-refractivity contribution in [3.8, 4) is 0 Å². The second-order valence-electron chi connectivity index (χ2n) is 5.82. The van der Waals surface area contributed by atoms with Crippen LogP contribution in [-0.2, 0) is 16.0 Å².